The van der Waals surface area contributed by atoms with Gasteiger partial charge in [-0.1, -0.05) is 53.5 Å². The lowest BCUT2D eigenvalue weighted by molar-refractivity contribution is -0.118. The molecule has 7 heteroatoms. The number of ether oxygens (including phenoxy) is 1. The molecule has 0 saturated heterocycles. The molecule has 0 bridgehead atoms. The summed E-state index contributed by atoms with van der Waals surface area (Å²) in [5.74, 6) is 0.852. The Hall–Kier alpha value is -3.00. The van der Waals surface area contributed by atoms with Gasteiger partial charge in [0.15, 0.2) is 0 Å². The van der Waals surface area contributed by atoms with Crippen LogP contribution in [0.1, 0.15) is 32.4 Å². The molecule has 1 aliphatic carbocycles. The Labute approximate surface area is 200 Å². The van der Waals surface area contributed by atoms with Crippen LogP contribution in [0.2, 0.25) is 0 Å². The third-order valence-corrected chi connectivity index (χ3v) is 5.82. The van der Waals surface area contributed by atoms with E-state index in [4.69, 9.17) is 19.2 Å². The van der Waals surface area contributed by atoms with Gasteiger partial charge in [0.2, 0.25) is 5.91 Å². The summed E-state index contributed by atoms with van der Waals surface area (Å²) in [4.78, 5) is 13.1. The first-order chi connectivity index (χ1) is 15.8. The molecule has 3 aromatic carbocycles. The molecule has 0 aliphatic heterocycles. The molecule has 1 atom stereocenters. The molecule has 0 heterocycles. The number of anilines is 1. The predicted octanol–water partition coefficient (Wildman–Crippen LogP) is 4.79. The van der Waals surface area contributed by atoms with Crippen LogP contribution in [-0.2, 0) is 27.8 Å². The largest absolute Gasteiger partial charge is 0.773 e. The number of carbonyl (C=O) groups is 1. The minimum absolute atomic E-state index is 0. The second-order valence-corrected chi connectivity index (χ2v) is 8.90. The van der Waals surface area contributed by atoms with E-state index >= 15 is 0 Å². The highest BCUT2D eigenvalue weighted by Gasteiger charge is 2.51. The highest BCUT2D eigenvalue weighted by atomic mass is 32.2. The number of hydrogen-bond acceptors (Lipinski definition) is 5. The van der Waals surface area contributed by atoms with Gasteiger partial charge in [0.25, 0.3) is 0 Å². The number of nitrogens with two attached hydrogens (primary N) is 1. The van der Waals surface area contributed by atoms with Crippen LogP contribution in [0.4, 0.5) is 5.69 Å². The van der Waals surface area contributed by atoms with Crippen LogP contribution in [0, 0.1) is 6.92 Å². The van der Waals surface area contributed by atoms with Gasteiger partial charge in [-0.25, -0.2) is 0 Å². The Bertz CT molecular complexity index is 1130. The van der Waals surface area contributed by atoms with Crippen LogP contribution >= 0.6 is 0 Å². The molecule has 0 spiro atoms. The van der Waals surface area contributed by atoms with E-state index in [1.807, 2.05) is 42.5 Å². The van der Waals surface area contributed by atoms with Crippen molar-refractivity contribution < 1.29 is 21.1 Å². The van der Waals surface area contributed by atoms with Gasteiger partial charge in [-0.2, -0.15) is 0 Å². The van der Waals surface area contributed by atoms with Crippen molar-refractivity contribution >= 4 is 22.7 Å². The predicted molar refractivity (Wildman–Crippen MR) is 136 cm³/mol. The van der Waals surface area contributed by atoms with Gasteiger partial charge in [-0.05, 0) is 78.1 Å². The number of rotatable bonds is 6. The van der Waals surface area contributed by atoms with Gasteiger partial charge < -0.3 is 20.3 Å². The quantitative estimate of drug-likeness (QED) is 0.505. The Morgan fingerprint density at radius 1 is 1.12 bits per heavy atom. The van der Waals surface area contributed by atoms with Gasteiger partial charge in [0, 0.05) is 15.1 Å². The maximum Gasteiger partial charge on any atom is 0.235 e. The Kier molecular flexibility index (Phi) is 8.02. The normalized spacial score (nSPS) is 14.5. The number of methoxy groups -OCH3 is 1. The van der Waals surface area contributed by atoms with Gasteiger partial charge >= 0.3 is 0 Å². The third kappa shape index (κ3) is 6.07. The SMILES string of the molecule is COc1ccc(C2(C(=O)Nc3ccc(C)c(-c4ccc(CN)cc4)c3)CC2)cc1.CS(=O)[O-].[HH].[HH]. The molecule has 0 radical (unpaired) electrons. The summed E-state index contributed by atoms with van der Waals surface area (Å²) >= 11 is -1.86. The van der Waals surface area contributed by atoms with Gasteiger partial charge in [0.05, 0.1) is 12.5 Å². The number of nitrogens with one attached hydrogen (secondary N) is 1. The molecular formula is C26H33N2O4S-. The zero-order chi connectivity index (χ0) is 24.0. The Balaban J connectivity index is 0.000000950. The van der Waals surface area contributed by atoms with E-state index in [-0.39, 0.29) is 8.76 Å². The van der Waals surface area contributed by atoms with Crippen molar-refractivity contribution in [3.63, 3.8) is 0 Å². The summed E-state index contributed by atoms with van der Waals surface area (Å²) in [6, 6.07) is 22.1. The summed E-state index contributed by atoms with van der Waals surface area (Å²) in [5, 5.41) is 3.14. The lowest BCUT2D eigenvalue weighted by Crippen LogP contribution is -2.27. The van der Waals surface area contributed by atoms with Crippen molar-refractivity contribution in [2.75, 3.05) is 18.7 Å². The van der Waals surface area contributed by atoms with Crippen molar-refractivity contribution in [1.29, 1.82) is 0 Å². The summed E-state index contributed by atoms with van der Waals surface area (Å²) in [6.07, 6.45) is 2.81. The summed E-state index contributed by atoms with van der Waals surface area (Å²) < 4.78 is 23.2. The standard InChI is InChI=1S/C25H26N2O2.CH4O2S.2H2/c1-17-3-10-21(15-23(17)19-6-4-18(16-26)5-7-19)27-24(28)25(13-14-25)20-8-11-22(29-2)12-9-20;1-4(2)3;;/h3-12,15H,13-14,16,26H2,1-2H3,(H,27,28);1H3,(H,2,3);2*1H/p-1. The molecule has 1 unspecified atom stereocenters. The highest BCUT2D eigenvalue weighted by molar-refractivity contribution is 7.78. The molecular weight excluding hydrogens is 436 g/mol. The van der Waals surface area contributed by atoms with Crippen molar-refractivity contribution in [2.24, 2.45) is 5.73 Å². The van der Waals surface area contributed by atoms with Crippen LogP contribution in [-0.4, -0.2) is 28.0 Å². The fourth-order valence-electron chi connectivity index (χ4n) is 3.76. The fourth-order valence-corrected chi connectivity index (χ4v) is 3.76. The Morgan fingerprint density at radius 3 is 2.24 bits per heavy atom. The van der Waals surface area contributed by atoms with Gasteiger partial charge in [-0.15, -0.1) is 0 Å². The fraction of sp³-hybridized carbons (Fsp3) is 0.269. The monoisotopic (exact) mass is 469 g/mol. The maximum atomic E-state index is 13.1. The molecule has 1 aliphatic rings. The van der Waals surface area contributed by atoms with E-state index in [9.17, 15) is 4.79 Å². The maximum absolute atomic E-state index is 13.1. The number of hydrogen-bond donors (Lipinski definition) is 2. The first kappa shape index (κ1) is 24.6. The Morgan fingerprint density at radius 2 is 1.73 bits per heavy atom. The minimum atomic E-state index is -1.86. The molecule has 1 saturated carbocycles. The number of carbonyl (C=O) groups excluding carboxylic acids is 1. The molecule has 33 heavy (non-hydrogen) atoms. The van der Waals surface area contributed by atoms with E-state index in [0.29, 0.717) is 6.54 Å². The molecule has 178 valence electrons. The number of benzene rings is 3. The van der Waals surface area contributed by atoms with Crippen molar-refractivity contribution in [3.05, 3.63) is 83.4 Å². The van der Waals surface area contributed by atoms with Crippen molar-refractivity contribution in [3.8, 4) is 16.9 Å². The first-order valence-corrected chi connectivity index (χ1v) is 12.1. The molecule has 1 fully saturated rings. The van der Waals surface area contributed by atoms with Gasteiger partial charge in [0.1, 0.15) is 5.75 Å². The smallest absolute Gasteiger partial charge is 0.235 e. The van der Waals surface area contributed by atoms with Crippen LogP contribution in [0.15, 0.2) is 66.7 Å². The van der Waals surface area contributed by atoms with Crippen molar-refractivity contribution in [1.82, 2.24) is 0 Å². The summed E-state index contributed by atoms with van der Waals surface area (Å²) in [6.45, 7) is 2.61. The molecule has 6 nitrogen and oxygen atoms in total. The number of amides is 1. The highest BCUT2D eigenvalue weighted by Crippen LogP contribution is 2.49. The molecule has 3 aromatic rings. The average molecular weight is 470 g/mol. The lowest BCUT2D eigenvalue weighted by atomic mass is 9.94. The van der Waals surface area contributed by atoms with Crippen LogP contribution in [0.25, 0.3) is 11.1 Å². The van der Waals surface area contributed by atoms with E-state index in [1.165, 1.54) is 5.56 Å². The van der Waals surface area contributed by atoms with E-state index < -0.39 is 16.5 Å². The summed E-state index contributed by atoms with van der Waals surface area (Å²) in [7, 11) is 1.65. The zero-order valence-corrected chi connectivity index (χ0v) is 19.9. The number of aryl methyl sites for hydroxylation is 1. The average Bonchev–Trinajstić information content (AvgIpc) is 3.62. The molecule has 1 amide bonds. The lowest BCUT2D eigenvalue weighted by Gasteiger charge is -2.17. The summed E-state index contributed by atoms with van der Waals surface area (Å²) in [5.41, 5.74) is 11.6. The van der Waals surface area contributed by atoms with Crippen LogP contribution in [0.5, 0.6) is 5.75 Å². The van der Waals surface area contributed by atoms with E-state index in [0.717, 1.165) is 52.8 Å². The van der Waals surface area contributed by atoms with Gasteiger partial charge in [-0.3, -0.25) is 9.00 Å². The minimum Gasteiger partial charge on any atom is -0.773 e. The third-order valence-electron chi connectivity index (χ3n) is 5.82. The second-order valence-electron chi connectivity index (χ2n) is 8.10. The molecule has 4 rings (SSSR count). The van der Waals surface area contributed by atoms with E-state index in [1.54, 1.807) is 7.11 Å². The van der Waals surface area contributed by atoms with Crippen molar-refractivity contribution in [2.45, 2.75) is 31.7 Å². The topological polar surface area (TPSA) is 104 Å². The first-order valence-electron chi connectivity index (χ1n) is 10.7. The molecule has 0 aromatic heterocycles. The molecule has 3 N–H and O–H groups in total. The van der Waals surface area contributed by atoms with Crippen LogP contribution < -0.4 is 15.8 Å². The second kappa shape index (κ2) is 10.7. The van der Waals surface area contributed by atoms with Crippen LogP contribution in [0.3, 0.4) is 0 Å². The van der Waals surface area contributed by atoms with E-state index in [2.05, 4.69) is 36.5 Å². The zero-order valence-electron chi connectivity index (χ0n) is 19.1.